The second kappa shape index (κ2) is 7.18. The first kappa shape index (κ1) is 16.2. The van der Waals surface area contributed by atoms with Gasteiger partial charge in [0, 0.05) is 18.8 Å². The molecular weight excluding hydrogens is 284 g/mol. The maximum atomic E-state index is 11.8. The Morgan fingerprint density at radius 1 is 1.33 bits per heavy atom. The fraction of sp³-hybridized carbons (Fsp3) is 0.562. The average Bonchev–Trinajstić information content (AvgIpc) is 2.87. The van der Waals surface area contributed by atoms with Crippen molar-refractivity contribution in [2.75, 3.05) is 24.6 Å². The Balaban J connectivity index is 1.72. The Morgan fingerprint density at radius 3 is 2.67 bits per heavy atom. The van der Waals surface area contributed by atoms with Crippen molar-refractivity contribution in [3.8, 4) is 0 Å². The number of urea groups is 1. The molecular formula is C16H24N2O2S. The lowest BCUT2D eigenvalue weighted by atomic mass is 10.0. The topological polar surface area (TPSA) is 61.4 Å². The second-order valence-electron chi connectivity index (χ2n) is 5.76. The molecule has 2 amide bonds. The molecule has 1 unspecified atom stereocenters. The number of hydrogen-bond acceptors (Lipinski definition) is 3. The molecule has 1 aromatic rings. The van der Waals surface area contributed by atoms with E-state index in [1.54, 1.807) is 11.8 Å². The van der Waals surface area contributed by atoms with Crippen LogP contribution in [0.15, 0.2) is 18.2 Å². The average molecular weight is 308 g/mol. The first-order chi connectivity index (χ1) is 10.0. The molecule has 0 aromatic heterocycles. The molecule has 1 aromatic carbocycles. The number of hydrogen-bond donors (Lipinski definition) is 3. The molecule has 0 radical (unpaired) electrons. The zero-order valence-corrected chi connectivity index (χ0v) is 13.6. The van der Waals surface area contributed by atoms with E-state index in [0.717, 1.165) is 18.6 Å². The van der Waals surface area contributed by atoms with Crippen molar-refractivity contribution in [3.05, 3.63) is 34.9 Å². The lowest BCUT2D eigenvalue weighted by molar-refractivity contribution is 0.0700. The van der Waals surface area contributed by atoms with Gasteiger partial charge >= 0.3 is 6.03 Å². The molecule has 1 fully saturated rings. The molecule has 116 valence electrons. The van der Waals surface area contributed by atoms with Crippen LogP contribution in [0.25, 0.3) is 0 Å². The molecule has 1 aliphatic rings. The summed E-state index contributed by atoms with van der Waals surface area (Å²) in [6, 6.07) is 6.03. The summed E-state index contributed by atoms with van der Waals surface area (Å²) in [6.07, 6.45) is 1.58. The van der Waals surface area contributed by atoms with Crippen LogP contribution in [0.4, 0.5) is 4.79 Å². The van der Waals surface area contributed by atoms with Gasteiger partial charge in [-0.2, -0.15) is 11.8 Å². The van der Waals surface area contributed by atoms with Gasteiger partial charge in [-0.15, -0.1) is 0 Å². The fourth-order valence-electron chi connectivity index (χ4n) is 2.59. The highest BCUT2D eigenvalue weighted by molar-refractivity contribution is 7.99. The van der Waals surface area contributed by atoms with E-state index in [9.17, 15) is 9.90 Å². The Bertz CT molecular complexity index is 479. The van der Waals surface area contributed by atoms with E-state index >= 15 is 0 Å². The van der Waals surface area contributed by atoms with Crippen LogP contribution in [0.2, 0.25) is 0 Å². The van der Waals surface area contributed by atoms with Gasteiger partial charge in [-0.25, -0.2) is 4.79 Å². The highest BCUT2D eigenvalue weighted by Crippen LogP contribution is 2.26. The number of rotatable bonds is 5. The fourth-order valence-corrected chi connectivity index (χ4v) is 3.88. The van der Waals surface area contributed by atoms with E-state index in [1.165, 1.54) is 16.7 Å². The first-order valence-corrected chi connectivity index (χ1v) is 8.53. The van der Waals surface area contributed by atoms with Crippen molar-refractivity contribution in [2.45, 2.75) is 32.3 Å². The Hall–Kier alpha value is -1.20. The SMILES string of the molecule is Cc1cccc(C)c1CCNC(=O)NCC1(O)CCSC1. The maximum absolute atomic E-state index is 11.8. The predicted molar refractivity (Wildman–Crippen MR) is 87.9 cm³/mol. The van der Waals surface area contributed by atoms with Crippen molar-refractivity contribution >= 4 is 17.8 Å². The van der Waals surface area contributed by atoms with Gasteiger partial charge in [0.25, 0.3) is 0 Å². The number of aryl methyl sites for hydroxylation is 2. The van der Waals surface area contributed by atoms with Gasteiger partial charge in [0.2, 0.25) is 0 Å². The zero-order chi connectivity index (χ0) is 15.3. The van der Waals surface area contributed by atoms with Crippen LogP contribution in [-0.4, -0.2) is 41.3 Å². The minimum absolute atomic E-state index is 0.202. The monoisotopic (exact) mass is 308 g/mol. The summed E-state index contributed by atoms with van der Waals surface area (Å²) >= 11 is 1.73. The highest BCUT2D eigenvalue weighted by atomic mass is 32.2. The molecule has 0 bridgehead atoms. The number of nitrogens with one attached hydrogen (secondary N) is 2. The summed E-state index contributed by atoms with van der Waals surface area (Å²) in [5.74, 6) is 1.67. The zero-order valence-electron chi connectivity index (χ0n) is 12.7. The molecule has 1 aliphatic heterocycles. The van der Waals surface area contributed by atoms with E-state index < -0.39 is 5.60 Å². The van der Waals surface area contributed by atoms with Crippen LogP contribution >= 0.6 is 11.8 Å². The highest BCUT2D eigenvalue weighted by Gasteiger charge is 2.31. The molecule has 1 heterocycles. The number of carbonyl (C=O) groups excluding carboxylic acids is 1. The van der Waals surface area contributed by atoms with Crippen molar-refractivity contribution in [1.29, 1.82) is 0 Å². The number of aliphatic hydroxyl groups is 1. The van der Waals surface area contributed by atoms with Gasteiger partial charge in [-0.3, -0.25) is 0 Å². The van der Waals surface area contributed by atoms with Crippen molar-refractivity contribution in [3.63, 3.8) is 0 Å². The molecule has 5 heteroatoms. The molecule has 21 heavy (non-hydrogen) atoms. The third kappa shape index (κ3) is 4.64. The Labute approximate surface area is 130 Å². The smallest absolute Gasteiger partial charge is 0.314 e. The molecule has 4 nitrogen and oxygen atoms in total. The third-order valence-electron chi connectivity index (χ3n) is 3.97. The number of thioether (sulfide) groups is 1. The number of amides is 2. The minimum atomic E-state index is -0.728. The van der Waals surface area contributed by atoms with Crippen LogP contribution in [0, 0.1) is 13.8 Å². The third-order valence-corrected chi connectivity index (χ3v) is 5.20. The molecule has 1 atom stereocenters. The van der Waals surface area contributed by atoms with E-state index in [2.05, 4.69) is 42.7 Å². The van der Waals surface area contributed by atoms with Gasteiger partial charge in [0.15, 0.2) is 0 Å². The summed E-state index contributed by atoms with van der Waals surface area (Å²) in [4.78, 5) is 11.8. The number of benzene rings is 1. The van der Waals surface area contributed by atoms with E-state index in [1.807, 2.05) is 0 Å². The van der Waals surface area contributed by atoms with Gasteiger partial charge in [-0.1, -0.05) is 18.2 Å². The lowest BCUT2D eigenvalue weighted by Gasteiger charge is -2.21. The van der Waals surface area contributed by atoms with Gasteiger partial charge < -0.3 is 15.7 Å². The largest absolute Gasteiger partial charge is 0.387 e. The lowest BCUT2D eigenvalue weighted by Crippen LogP contribution is -2.46. The van der Waals surface area contributed by atoms with Crippen molar-refractivity contribution < 1.29 is 9.90 Å². The summed E-state index contributed by atoms with van der Waals surface area (Å²) in [5.41, 5.74) is 3.09. The standard InChI is InChI=1S/C16H24N2O2S/c1-12-4-3-5-13(2)14(12)6-8-17-15(19)18-10-16(20)7-9-21-11-16/h3-5,20H,6-11H2,1-2H3,(H2,17,18,19). The molecule has 0 spiro atoms. The molecule has 0 aliphatic carbocycles. The normalized spacial score (nSPS) is 21.3. The van der Waals surface area contributed by atoms with E-state index in [4.69, 9.17) is 0 Å². The summed E-state index contributed by atoms with van der Waals surface area (Å²) in [7, 11) is 0. The van der Waals surface area contributed by atoms with Crippen molar-refractivity contribution in [2.24, 2.45) is 0 Å². The van der Waals surface area contributed by atoms with Crippen LogP contribution in [0.3, 0.4) is 0 Å². The first-order valence-electron chi connectivity index (χ1n) is 7.37. The van der Waals surface area contributed by atoms with Crippen LogP contribution in [-0.2, 0) is 6.42 Å². The van der Waals surface area contributed by atoms with Gasteiger partial charge in [0.05, 0.1) is 5.60 Å². The molecule has 0 saturated carbocycles. The minimum Gasteiger partial charge on any atom is -0.387 e. The van der Waals surface area contributed by atoms with Gasteiger partial charge in [0.1, 0.15) is 0 Å². The van der Waals surface area contributed by atoms with Crippen LogP contribution in [0.5, 0.6) is 0 Å². The molecule has 3 N–H and O–H groups in total. The van der Waals surface area contributed by atoms with E-state index in [0.29, 0.717) is 18.8 Å². The predicted octanol–water partition coefficient (Wildman–Crippen LogP) is 2.01. The summed E-state index contributed by atoms with van der Waals surface area (Å²) in [5, 5.41) is 15.8. The Kier molecular flexibility index (Phi) is 5.53. The molecule has 2 rings (SSSR count). The van der Waals surface area contributed by atoms with Crippen LogP contribution < -0.4 is 10.6 Å². The quantitative estimate of drug-likeness (QED) is 0.780. The summed E-state index contributed by atoms with van der Waals surface area (Å²) in [6.45, 7) is 5.12. The Morgan fingerprint density at radius 2 is 2.05 bits per heavy atom. The number of carbonyl (C=O) groups is 1. The second-order valence-corrected chi connectivity index (χ2v) is 6.86. The van der Waals surface area contributed by atoms with Crippen LogP contribution in [0.1, 0.15) is 23.1 Å². The van der Waals surface area contributed by atoms with Gasteiger partial charge in [-0.05, 0) is 49.1 Å². The van der Waals surface area contributed by atoms with E-state index in [-0.39, 0.29) is 6.03 Å². The summed E-state index contributed by atoms with van der Waals surface area (Å²) < 4.78 is 0. The maximum Gasteiger partial charge on any atom is 0.314 e. The van der Waals surface area contributed by atoms with Crippen molar-refractivity contribution in [1.82, 2.24) is 10.6 Å². The molecule has 1 saturated heterocycles.